The van der Waals surface area contributed by atoms with Gasteiger partial charge < -0.3 is 34.1 Å². The number of phenols is 3. The van der Waals surface area contributed by atoms with Crippen molar-refractivity contribution in [1.82, 2.24) is 0 Å². The molecule has 2 atom stereocenters. The van der Waals surface area contributed by atoms with Crippen molar-refractivity contribution >= 4 is 10.4 Å². The molecule has 0 saturated heterocycles. The van der Waals surface area contributed by atoms with Crippen LogP contribution in [0.4, 0.5) is 0 Å². The molecule has 0 amide bonds. The van der Waals surface area contributed by atoms with Crippen molar-refractivity contribution in [2.24, 2.45) is 0 Å². The number of fused-ring (bicyclic) bond motifs is 1. The van der Waals surface area contributed by atoms with Crippen LogP contribution in [-0.4, -0.2) is 46.6 Å². The number of phenolic OH excluding ortho intramolecular Hbond substituents is 3. The number of methoxy groups -OCH3 is 1. The molecule has 0 fully saturated rings. The molecule has 1 heterocycles. The van der Waals surface area contributed by atoms with Gasteiger partial charge in [0.1, 0.15) is 17.2 Å². The first-order chi connectivity index (χ1) is 12.6. The van der Waals surface area contributed by atoms with Crippen LogP contribution in [0.5, 0.6) is 34.5 Å². The predicted molar refractivity (Wildman–Crippen MR) is 89.7 cm³/mol. The van der Waals surface area contributed by atoms with E-state index in [2.05, 4.69) is 4.18 Å². The van der Waals surface area contributed by atoms with E-state index in [1.54, 1.807) is 0 Å². The molecule has 5 N–H and O–H groups in total. The Labute approximate surface area is 153 Å². The summed E-state index contributed by atoms with van der Waals surface area (Å²) in [6, 6.07) is 4.62. The summed E-state index contributed by atoms with van der Waals surface area (Å²) < 4.78 is 45.8. The molecule has 2 aromatic rings. The zero-order valence-electron chi connectivity index (χ0n) is 13.9. The molecule has 10 nitrogen and oxygen atoms in total. The lowest BCUT2D eigenvalue weighted by atomic mass is 9.93. The highest BCUT2D eigenvalue weighted by molar-refractivity contribution is 7.81. The van der Waals surface area contributed by atoms with Gasteiger partial charge in [-0.15, -0.1) is 0 Å². The van der Waals surface area contributed by atoms with Gasteiger partial charge in [-0.25, -0.2) is 0 Å². The van der Waals surface area contributed by atoms with Gasteiger partial charge in [0.25, 0.3) is 0 Å². The second kappa shape index (κ2) is 6.68. The number of benzene rings is 2. The molecule has 0 spiro atoms. The highest BCUT2D eigenvalue weighted by atomic mass is 32.3. The molecule has 0 aliphatic carbocycles. The van der Waals surface area contributed by atoms with Gasteiger partial charge in [0.15, 0.2) is 17.6 Å². The summed E-state index contributed by atoms with van der Waals surface area (Å²) in [5.41, 5.74) is 0.386. The molecule has 27 heavy (non-hydrogen) atoms. The minimum absolute atomic E-state index is 0.0343. The molecular formula is C16H16O10S. The summed E-state index contributed by atoms with van der Waals surface area (Å²) in [6.07, 6.45) is -2.31. The van der Waals surface area contributed by atoms with Gasteiger partial charge in [0.05, 0.1) is 13.2 Å². The first kappa shape index (κ1) is 18.9. The van der Waals surface area contributed by atoms with Gasteiger partial charge in [0.2, 0.25) is 5.75 Å². The molecule has 1 aliphatic rings. The molecule has 11 heteroatoms. The Morgan fingerprint density at radius 2 is 1.81 bits per heavy atom. The summed E-state index contributed by atoms with van der Waals surface area (Å²) in [5, 5.41) is 39.9. The van der Waals surface area contributed by atoms with Crippen molar-refractivity contribution < 1.29 is 47.1 Å². The third-order valence-corrected chi connectivity index (χ3v) is 4.36. The van der Waals surface area contributed by atoms with Crippen LogP contribution in [-0.2, 0) is 16.8 Å². The summed E-state index contributed by atoms with van der Waals surface area (Å²) in [5.74, 6) is -1.79. The van der Waals surface area contributed by atoms with Crippen LogP contribution in [0.1, 0.15) is 17.2 Å². The molecule has 2 aromatic carbocycles. The van der Waals surface area contributed by atoms with Crippen molar-refractivity contribution in [3.63, 3.8) is 0 Å². The second-order valence-corrected chi connectivity index (χ2v) is 6.86. The van der Waals surface area contributed by atoms with E-state index in [0.29, 0.717) is 0 Å². The second-order valence-electron chi connectivity index (χ2n) is 5.83. The van der Waals surface area contributed by atoms with Gasteiger partial charge in [-0.1, -0.05) is 0 Å². The van der Waals surface area contributed by atoms with Gasteiger partial charge >= 0.3 is 10.4 Å². The number of ether oxygens (including phenoxy) is 2. The lowest BCUT2D eigenvalue weighted by Crippen LogP contribution is -2.30. The Bertz CT molecular complexity index is 985. The van der Waals surface area contributed by atoms with E-state index in [1.807, 2.05) is 0 Å². The topological polar surface area (TPSA) is 163 Å². The Morgan fingerprint density at radius 1 is 1.11 bits per heavy atom. The van der Waals surface area contributed by atoms with Crippen LogP contribution in [0.2, 0.25) is 0 Å². The molecule has 146 valence electrons. The van der Waals surface area contributed by atoms with Crippen molar-refractivity contribution in [3.8, 4) is 34.5 Å². The summed E-state index contributed by atoms with van der Waals surface area (Å²) in [4.78, 5) is 0. The fourth-order valence-corrected chi connectivity index (χ4v) is 3.25. The molecule has 0 aromatic heterocycles. The molecule has 0 bridgehead atoms. The number of hydrogen-bond donors (Lipinski definition) is 5. The van der Waals surface area contributed by atoms with Crippen LogP contribution < -0.4 is 13.7 Å². The smallest absolute Gasteiger partial charge is 0.446 e. The summed E-state index contributed by atoms with van der Waals surface area (Å²) in [7, 11) is -3.76. The van der Waals surface area contributed by atoms with Gasteiger partial charge in [-0.05, 0) is 12.1 Å². The molecule has 0 unspecified atom stereocenters. The lowest BCUT2D eigenvalue weighted by molar-refractivity contribution is 0.0196. The van der Waals surface area contributed by atoms with Crippen molar-refractivity contribution in [1.29, 1.82) is 0 Å². The number of hydrogen-bond acceptors (Lipinski definition) is 9. The van der Waals surface area contributed by atoms with Crippen LogP contribution in [0.25, 0.3) is 0 Å². The van der Waals surface area contributed by atoms with Crippen LogP contribution in [0.15, 0.2) is 24.3 Å². The number of aliphatic hydroxyl groups is 1. The Kier molecular flexibility index (Phi) is 4.68. The van der Waals surface area contributed by atoms with E-state index in [-0.39, 0.29) is 40.5 Å². The Morgan fingerprint density at radius 3 is 2.44 bits per heavy atom. The highest BCUT2D eigenvalue weighted by Crippen LogP contribution is 2.45. The molecule has 1 aliphatic heterocycles. The normalized spacial score (nSPS) is 19.1. The molecule has 3 rings (SSSR count). The maximum Gasteiger partial charge on any atom is 0.446 e. The number of aromatic hydroxyl groups is 3. The van der Waals surface area contributed by atoms with Crippen molar-refractivity contribution in [2.45, 2.75) is 18.6 Å². The molecule has 0 radical (unpaired) electrons. The van der Waals surface area contributed by atoms with Gasteiger partial charge in [-0.2, -0.15) is 8.42 Å². The minimum Gasteiger partial charge on any atom is -0.508 e. The van der Waals surface area contributed by atoms with E-state index >= 15 is 0 Å². The zero-order chi connectivity index (χ0) is 19.9. The lowest BCUT2D eigenvalue weighted by Gasteiger charge is -2.31. The maximum atomic E-state index is 11.0. The van der Waals surface area contributed by atoms with Crippen molar-refractivity contribution in [3.05, 3.63) is 35.4 Å². The third kappa shape index (κ3) is 3.79. The quantitative estimate of drug-likeness (QED) is 0.468. The van der Waals surface area contributed by atoms with Crippen LogP contribution in [0.3, 0.4) is 0 Å². The standard InChI is InChI=1S/C16H16O10S/c1-24-16-11(19)2-7(3-14(16)26-27(21,22)23)15-12(20)6-9-10(18)4-8(17)5-13(9)25-15/h2-5,12,15,17-20H,6H2,1H3,(H,21,22,23)/t12-,15-/m1/s1. The number of aliphatic hydroxyl groups excluding tert-OH is 1. The van der Waals surface area contributed by atoms with E-state index in [9.17, 15) is 28.8 Å². The summed E-state index contributed by atoms with van der Waals surface area (Å²) >= 11 is 0. The average Bonchev–Trinajstić information content (AvgIpc) is 2.53. The number of rotatable bonds is 4. The van der Waals surface area contributed by atoms with Crippen LogP contribution in [0, 0.1) is 0 Å². The largest absolute Gasteiger partial charge is 0.508 e. The highest BCUT2D eigenvalue weighted by Gasteiger charge is 2.33. The Hall–Kier alpha value is -2.89. The Balaban J connectivity index is 2.05. The molecular weight excluding hydrogens is 384 g/mol. The zero-order valence-corrected chi connectivity index (χ0v) is 14.7. The van der Waals surface area contributed by atoms with E-state index in [1.165, 1.54) is 6.07 Å². The SMILES string of the molecule is COc1c(O)cc([C@H]2Oc3cc(O)cc(O)c3C[C@H]2O)cc1OS(=O)(=O)O. The first-order valence-electron chi connectivity index (χ1n) is 7.56. The van der Waals surface area contributed by atoms with Crippen molar-refractivity contribution in [2.75, 3.05) is 7.11 Å². The third-order valence-electron chi connectivity index (χ3n) is 3.97. The van der Waals surface area contributed by atoms with E-state index in [4.69, 9.17) is 14.0 Å². The monoisotopic (exact) mass is 400 g/mol. The molecule has 0 saturated carbocycles. The van der Waals surface area contributed by atoms with Gasteiger partial charge in [-0.3, -0.25) is 4.55 Å². The fourth-order valence-electron chi connectivity index (χ4n) is 2.90. The van der Waals surface area contributed by atoms with Gasteiger partial charge in [0, 0.05) is 29.7 Å². The maximum absolute atomic E-state index is 11.0. The average molecular weight is 400 g/mol. The minimum atomic E-state index is -4.91. The van der Waals surface area contributed by atoms with E-state index in [0.717, 1.165) is 25.3 Å². The predicted octanol–water partition coefficient (Wildman–Crippen LogP) is 1.03. The summed E-state index contributed by atoms with van der Waals surface area (Å²) in [6.45, 7) is 0. The van der Waals surface area contributed by atoms with Crippen LogP contribution >= 0.6 is 0 Å². The first-order valence-corrected chi connectivity index (χ1v) is 8.93. The van der Waals surface area contributed by atoms with E-state index < -0.39 is 34.1 Å². The fraction of sp³-hybridized carbons (Fsp3) is 0.250.